The Bertz CT molecular complexity index is 870. The Balaban J connectivity index is 1.92. The molecule has 0 fully saturated rings. The minimum absolute atomic E-state index is 0.223. The van der Waals surface area contributed by atoms with Gasteiger partial charge >= 0.3 is 0 Å². The summed E-state index contributed by atoms with van der Waals surface area (Å²) in [6.07, 6.45) is 5.31. The van der Waals surface area contributed by atoms with Crippen LogP contribution in [0, 0.1) is 5.82 Å². The van der Waals surface area contributed by atoms with Crippen LogP contribution < -0.4 is 5.32 Å². The van der Waals surface area contributed by atoms with Crippen LogP contribution >= 0.6 is 11.6 Å². The molecule has 2 heterocycles. The van der Waals surface area contributed by atoms with Crippen LogP contribution in [0.2, 0.25) is 5.02 Å². The average molecular weight is 341 g/mol. The molecule has 0 atom stereocenters. The number of anilines is 2. The number of likely N-dealkylation sites (N-methyl/N-ethyl adjacent to an activating group) is 1. The quantitative estimate of drug-likeness (QED) is 0.754. The van der Waals surface area contributed by atoms with Gasteiger partial charge in [-0.1, -0.05) is 17.7 Å². The van der Waals surface area contributed by atoms with E-state index in [0.717, 1.165) is 47.6 Å². The number of hydrogen-bond donors (Lipinski definition) is 1. The molecular weight excluding hydrogens is 323 g/mol. The first-order valence-corrected chi connectivity index (χ1v) is 8.44. The van der Waals surface area contributed by atoms with Gasteiger partial charge in [-0.05, 0) is 67.1 Å². The summed E-state index contributed by atoms with van der Waals surface area (Å²) in [6.45, 7) is 1.91. The first kappa shape index (κ1) is 15.4. The lowest BCUT2D eigenvalue weighted by atomic mass is 9.91. The largest absolute Gasteiger partial charge is 0.355 e. The van der Waals surface area contributed by atoms with Crippen molar-refractivity contribution in [3.8, 4) is 0 Å². The Kier molecular flexibility index (Phi) is 3.91. The molecule has 0 saturated heterocycles. The lowest BCUT2D eigenvalue weighted by Gasteiger charge is -2.24. The van der Waals surface area contributed by atoms with E-state index in [0.29, 0.717) is 5.02 Å². The second-order valence-corrected chi connectivity index (χ2v) is 6.78. The number of benzene rings is 2. The number of hydrogen-bond acceptors (Lipinski definition) is 2. The maximum atomic E-state index is 13.9. The summed E-state index contributed by atoms with van der Waals surface area (Å²) in [5.74, 6) is -0.223. The zero-order chi connectivity index (χ0) is 16.7. The molecule has 2 aromatic carbocycles. The second kappa shape index (κ2) is 6.08. The number of nitrogens with one attached hydrogen (secondary N) is 1. The summed E-state index contributed by atoms with van der Waals surface area (Å²) in [7, 11) is 2.11. The predicted molar refractivity (Wildman–Crippen MR) is 99.2 cm³/mol. The fraction of sp³-hybridized carbons (Fsp3) is 0.200. The molecular formula is C20H18ClFN2. The average Bonchev–Trinajstić information content (AvgIpc) is 2.72. The highest BCUT2D eigenvalue weighted by Crippen LogP contribution is 2.40. The highest BCUT2D eigenvalue weighted by molar-refractivity contribution is 6.31. The van der Waals surface area contributed by atoms with E-state index < -0.39 is 0 Å². The monoisotopic (exact) mass is 340 g/mol. The van der Waals surface area contributed by atoms with Gasteiger partial charge in [-0.25, -0.2) is 4.39 Å². The van der Waals surface area contributed by atoms with E-state index in [1.165, 1.54) is 11.6 Å². The number of nitrogens with zero attached hydrogens (tertiary/aromatic N) is 1. The fourth-order valence-corrected chi connectivity index (χ4v) is 3.46. The molecule has 0 bridgehead atoms. The number of halogens is 2. The van der Waals surface area contributed by atoms with Crippen LogP contribution in [-0.2, 0) is 0 Å². The zero-order valence-electron chi connectivity index (χ0n) is 13.4. The van der Waals surface area contributed by atoms with Crippen molar-refractivity contribution in [2.75, 3.05) is 25.5 Å². The van der Waals surface area contributed by atoms with Gasteiger partial charge in [0.05, 0.1) is 0 Å². The standard InChI is InChI=1S/C20H18ClFN2/c1-24-8-6-13(7-9-24)17-11-14-10-15(21)2-4-19(14)23-20-5-3-16(22)12-18(17)20/h2-6,10-12,23H,7-9H2,1H3. The van der Waals surface area contributed by atoms with Crippen molar-refractivity contribution in [3.05, 3.63) is 70.0 Å². The molecule has 4 rings (SSSR count). The van der Waals surface area contributed by atoms with Crippen LogP contribution in [0.25, 0.3) is 11.6 Å². The van der Waals surface area contributed by atoms with Gasteiger partial charge in [0, 0.05) is 40.6 Å². The van der Waals surface area contributed by atoms with Gasteiger partial charge < -0.3 is 10.2 Å². The van der Waals surface area contributed by atoms with Crippen molar-refractivity contribution in [2.24, 2.45) is 0 Å². The lowest BCUT2D eigenvalue weighted by molar-refractivity contribution is 0.362. The molecule has 0 saturated carbocycles. The summed E-state index contributed by atoms with van der Waals surface area (Å²) in [6, 6.07) is 10.7. The molecule has 0 amide bonds. The van der Waals surface area contributed by atoms with Crippen LogP contribution in [-0.4, -0.2) is 25.0 Å². The van der Waals surface area contributed by atoms with Crippen molar-refractivity contribution >= 4 is 34.6 Å². The number of fused-ring (bicyclic) bond motifs is 2. The van der Waals surface area contributed by atoms with E-state index in [1.807, 2.05) is 18.2 Å². The molecule has 2 nitrogen and oxygen atoms in total. The molecule has 0 radical (unpaired) electrons. The van der Waals surface area contributed by atoms with Crippen LogP contribution in [0.1, 0.15) is 17.5 Å². The van der Waals surface area contributed by atoms with Crippen LogP contribution in [0.5, 0.6) is 0 Å². The van der Waals surface area contributed by atoms with Gasteiger partial charge in [-0.2, -0.15) is 0 Å². The van der Waals surface area contributed by atoms with Gasteiger partial charge in [0.25, 0.3) is 0 Å². The molecule has 0 aliphatic carbocycles. The molecule has 4 heteroatoms. The predicted octanol–water partition coefficient (Wildman–Crippen LogP) is 5.34. The number of rotatable bonds is 1. The first-order chi connectivity index (χ1) is 11.6. The van der Waals surface area contributed by atoms with E-state index in [-0.39, 0.29) is 5.82 Å². The topological polar surface area (TPSA) is 15.3 Å². The molecule has 1 N–H and O–H groups in total. The molecule has 0 unspecified atom stereocenters. The normalized spacial score (nSPS) is 17.1. The summed E-state index contributed by atoms with van der Waals surface area (Å²) >= 11 is 6.18. The molecule has 122 valence electrons. The summed E-state index contributed by atoms with van der Waals surface area (Å²) in [5.41, 5.74) is 6.16. The molecule has 2 aliphatic rings. The van der Waals surface area contributed by atoms with Crippen LogP contribution in [0.15, 0.2) is 48.0 Å². The van der Waals surface area contributed by atoms with E-state index in [1.54, 1.807) is 12.1 Å². The maximum Gasteiger partial charge on any atom is 0.123 e. The van der Waals surface area contributed by atoms with Crippen molar-refractivity contribution in [3.63, 3.8) is 0 Å². The Labute approximate surface area is 146 Å². The van der Waals surface area contributed by atoms with E-state index in [4.69, 9.17) is 11.6 Å². The Hall–Kier alpha value is -2.10. The molecule has 0 spiro atoms. The Morgan fingerprint density at radius 1 is 1.12 bits per heavy atom. The first-order valence-electron chi connectivity index (χ1n) is 8.06. The smallest absolute Gasteiger partial charge is 0.123 e. The molecule has 24 heavy (non-hydrogen) atoms. The van der Waals surface area contributed by atoms with Crippen molar-refractivity contribution in [1.29, 1.82) is 0 Å². The third-order valence-electron chi connectivity index (χ3n) is 4.61. The highest BCUT2D eigenvalue weighted by atomic mass is 35.5. The van der Waals surface area contributed by atoms with Gasteiger partial charge in [-0.3, -0.25) is 0 Å². The van der Waals surface area contributed by atoms with Gasteiger partial charge in [0.15, 0.2) is 0 Å². The fourth-order valence-electron chi connectivity index (χ4n) is 3.27. The third-order valence-corrected chi connectivity index (χ3v) is 4.85. The minimum atomic E-state index is -0.223. The Morgan fingerprint density at radius 3 is 2.75 bits per heavy atom. The summed E-state index contributed by atoms with van der Waals surface area (Å²) in [5, 5.41) is 4.12. The maximum absolute atomic E-state index is 13.9. The Morgan fingerprint density at radius 2 is 1.96 bits per heavy atom. The second-order valence-electron chi connectivity index (χ2n) is 6.35. The van der Waals surface area contributed by atoms with Crippen molar-refractivity contribution in [1.82, 2.24) is 4.90 Å². The van der Waals surface area contributed by atoms with Crippen LogP contribution in [0.4, 0.5) is 15.8 Å². The third kappa shape index (κ3) is 2.85. The highest BCUT2D eigenvalue weighted by Gasteiger charge is 2.20. The van der Waals surface area contributed by atoms with Gasteiger partial charge in [0.2, 0.25) is 0 Å². The van der Waals surface area contributed by atoms with Gasteiger partial charge in [0.1, 0.15) is 5.82 Å². The molecule has 2 aromatic rings. The SMILES string of the molecule is CN1CC=C(C2=Cc3cc(Cl)ccc3Nc3ccc(F)cc32)CC1. The lowest BCUT2D eigenvalue weighted by Crippen LogP contribution is -2.24. The summed E-state index contributed by atoms with van der Waals surface area (Å²) < 4.78 is 13.9. The van der Waals surface area contributed by atoms with E-state index >= 15 is 0 Å². The van der Waals surface area contributed by atoms with E-state index in [9.17, 15) is 4.39 Å². The van der Waals surface area contributed by atoms with Crippen molar-refractivity contribution < 1.29 is 4.39 Å². The number of allylic oxidation sites excluding steroid dienone is 1. The van der Waals surface area contributed by atoms with Crippen LogP contribution in [0.3, 0.4) is 0 Å². The van der Waals surface area contributed by atoms with E-state index in [2.05, 4.69) is 29.4 Å². The minimum Gasteiger partial charge on any atom is -0.355 e. The summed E-state index contributed by atoms with van der Waals surface area (Å²) in [4.78, 5) is 2.27. The molecule has 2 aliphatic heterocycles. The van der Waals surface area contributed by atoms with Gasteiger partial charge in [-0.15, -0.1) is 0 Å². The zero-order valence-corrected chi connectivity index (χ0v) is 14.2. The molecule has 0 aromatic heterocycles. The van der Waals surface area contributed by atoms with Crippen molar-refractivity contribution in [2.45, 2.75) is 6.42 Å².